The molecular weight excluding hydrogens is 392 g/mol. The molecule has 1 fully saturated rings. The van der Waals surface area contributed by atoms with Crippen LogP contribution in [0.15, 0.2) is 30.5 Å². The number of benzene rings is 1. The van der Waals surface area contributed by atoms with Crippen molar-refractivity contribution in [2.45, 2.75) is 13.5 Å². The zero-order valence-electron chi connectivity index (χ0n) is 16.6. The van der Waals surface area contributed by atoms with E-state index in [0.717, 1.165) is 17.7 Å². The summed E-state index contributed by atoms with van der Waals surface area (Å²) in [5.41, 5.74) is 1.84. The lowest BCUT2D eigenvalue weighted by Gasteiger charge is -2.26. The molecule has 7 nitrogen and oxygen atoms in total. The van der Waals surface area contributed by atoms with Crippen molar-refractivity contribution in [1.29, 1.82) is 0 Å². The summed E-state index contributed by atoms with van der Waals surface area (Å²) in [6.45, 7) is 3.52. The van der Waals surface area contributed by atoms with E-state index in [-0.39, 0.29) is 29.3 Å². The molecule has 0 radical (unpaired) electrons. The van der Waals surface area contributed by atoms with Gasteiger partial charge >= 0.3 is 0 Å². The Morgan fingerprint density at radius 2 is 2.00 bits per heavy atom. The number of nitrogens with one attached hydrogen (secondary N) is 2. The summed E-state index contributed by atoms with van der Waals surface area (Å²) in [6, 6.07) is 5.71. The van der Waals surface area contributed by atoms with Crippen LogP contribution in [0.2, 0.25) is 0 Å². The van der Waals surface area contributed by atoms with Gasteiger partial charge in [-0.3, -0.25) is 14.5 Å². The van der Waals surface area contributed by atoms with Crippen LogP contribution in [0, 0.1) is 18.6 Å². The molecule has 3 heterocycles. The Hall–Kier alpha value is -3.33. The quantitative estimate of drug-likeness (QED) is 0.685. The van der Waals surface area contributed by atoms with E-state index in [2.05, 4.69) is 15.6 Å². The standard InChI is InChI=1S/C21H21F2N5O2/c1-12-3-5-28-16(10-27-6-4-25-18(29)11-27)20(26-17(28)7-12)19-14(22)8-13(9-15(19)23)21(30)24-2/h3,5,7-9H,4,6,10-11H2,1-2H3,(H,24,30)(H,25,29). The Balaban J connectivity index is 1.86. The highest BCUT2D eigenvalue weighted by atomic mass is 19.1. The van der Waals surface area contributed by atoms with Crippen LogP contribution in [-0.2, 0) is 11.3 Å². The first-order valence-electron chi connectivity index (χ1n) is 9.55. The molecule has 2 aromatic heterocycles. The molecule has 0 atom stereocenters. The van der Waals surface area contributed by atoms with Gasteiger partial charge in [0.25, 0.3) is 5.91 Å². The monoisotopic (exact) mass is 413 g/mol. The summed E-state index contributed by atoms with van der Waals surface area (Å²) in [7, 11) is 1.39. The Kier molecular flexibility index (Phi) is 5.21. The fourth-order valence-electron chi connectivity index (χ4n) is 3.66. The van der Waals surface area contributed by atoms with E-state index in [1.807, 2.05) is 24.0 Å². The van der Waals surface area contributed by atoms with Crippen molar-refractivity contribution in [3.05, 3.63) is 58.9 Å². The van der Waals surface area contributed by atoms with Gasteiger partial charge in [0.1, 0.15) is 17.3 Å². The van der Waals surface area contributed by atoms with Gasteiger partial charge in [-0.1, -0.05) is 0 Å². The summed E-state index contributed by atoms with van der Waals surface area (Å²) in [6.07, 6.45) is 1.80. The van der Waals surface area contributed by atoms with Crippen LogP contribution in [0.1, 0.15) is 21.6 Å². The maximum absolute atomic E-state index is 15.0. The number of aromatic nitrogens is 2. The third-order valence-electron chi connectivity index (χ3n) is 5.14. The number of piperazine rings is 1. The number of carbonyl (C=O) groups excluding carboxylic acids is 2. The van der Waals surface area contributed by atoms with E-state index in [1.54, 1.807) is 10.6 Å². The smallest absolute Gasteiger partial charge is 0.251 e. The second kappa shape index (κ2) is 7.83. The van der Waals surface area contributed by atoms with Gasteiger partial charge in [0.05, 0.1) is 23.5 Å². The van der Waals surface area contributed by atoms with Gasteiger partial charge in [0, 0.05) is 38.4 Å². The zero-order chi connectivity index (χ0) is 21.4. The number of fused-ring (bicyclic) bond motifs is 1. The van der Waals surface area contributed by atoms with E-state index < -0.39 is 17.5 Å². The van der Waals surface area contributed by atoms with Crippen molar-refractivity contribution in [2.75, 3.05) is 26.7 Å². The number of pyridine rings is 1. The SMILES string of the molecule is CNC(=O)c1cc(F)c(-c2nc3cc(C)ccn3c2CN2CCNC(=O)C2)c(F)c1. The first-order valence-corrected chi connectivity index (χ1v) is 9.55. The number of amides is 2. The van der Waals surface area contributed by atoms with Crippen molar-refractivity contribution in [2.24, 2.45) is 0 Å². The van der Waals surface area contributed by atoms with Crippen LogP contribution in [0.4, 0.5) is 8.78 Å². The number of aryl methyl sites for hydroxylation is 1. The van der Waals surface area contributed by atoms with Crippen LogP contribution in [0.5, 0.6) is 0 Å². The lowest BCUT2D eigenvalue weighted by Crippen LogP contribution is -2.47. The average molecular weight is 413 g/mol. The predicted molar refractivity (Wildman–Crippen MR) is 107 cm³/mol. The number of halogens is 2. The van der Waals surface area contributed by atoms with Gasteiger partial charge in [-0.2, -0.15) is 0 Å². The van der Waals surface area contributed by atoms with Crippen molar-refractivity contribution >= 4 is 17.5 Å². The predicted octanol–water partition coefficient (Wildman–Crippen LogP) is 1.88. The normalized spacial score (nSPS) is 14.7. The van der Waals surface area contributed by atoms with Crippen LogP contribution in [0.25, 0.3) is 16.9 Å². The topological polar surface area (TPSA) is 78.7 Å². The number of carbonyl (C=O) groups is 2. The molecule has 9 heteroatoms. The van der Waals surface area contributed by atoms with Gasteiger partial charge < -0.3 is 15.0 Å². The zero-order valence-corrected chi connectivity index (χ0v) is 16.6. The van der Waals surface area contributed by atoms with Crippen molar-refractivity contribution in [1.82, 2.24) is 24.9 Å². The molecule has 1 saturated heterocycles. The minimum atomic E-state index is -0.869. The molecule has 3 aromatic rings. The maximum Gasteiger partial charge on any atom is 0.251 e. The minimum absolute atomic E-state index is 0.0974. The minimum Gasteiger partial charge on any atom is -0.355 e. The summed E-state index contributed by atoms with van der Waals surface area (Å²) >= 11 is 0. The van der Waals surface area contributed by atoms with E-state index >= 15 is 0 Å². The van der Waals surface area contributed by atoms with Gasteiger partial charge in [0.2, 0.25) is 5.91 Å². The molecule has 0 aliphatic carbocycles. The van der Waals surface area contributed by atoms with Gasteiger partial charge in [-0.05, 0) is 36.8 Å². The van der Waals surface area contributed by atoms with Crippen LogP contribution in [-0.4, -0.2) is 52.8 Å². The molecular formula is C21H21F2N5O2. The third-order valence-corrected chi connectivity index (χ3v) is 5.14. The summed E-state index contributed by atoms with van der Waals surface area (Å²) < 4.78 is 31.7. The molecule has 1 aromatic carbocycles. The number of hydrogen-bond acceptors (Lipinski definition) is 4. The van der Waals surface area contributed by atoms with Gasteiger partial charge in [-0.15, -0.1) is 0 Å². The van der Waals surface area contributed by atoms with Crippen molar-refractivity contribution in [3.8, 4) is 11.3 Å². The number of hydrogen-bond donors (Lipinski definition) is 2. The highest BCUT2D eigenvalue weighted by molar-refractivity contribution is 5.94. The molecule has 2 amide bonds. The lowest BCUT2D eigenvalue weighted by molar-refractivity contribution is -0.124. The molecule has 30 heavy (non-hydrogen) atoms. The highest BCUT2D eigenvalue weighted by Gasteiger charge is 2.25. The average Bonchev–Trinajstić information content (AvgIpc) is 3.03. The van der Waals surface area contributed by atoms with Crippen LogP contribution in [0.3, 0.4) is 0 Å². The van der Waals surface area contributed by atoms with Crippen molar-refractivity contribution in [3.63, 3.8) is 0 Å². The number of rotatable bonds is 4. The Labute approximate surface area is 171 Å². The third kappa shape index (κ3) is 3.63. The first-order chi connectivity index (χ1) is 14.4. The largest absolute Gasteiger partial charge is 0.355 e. The van der Waals surface area contributed by atoms with Gasteiger partial charge in [0.15, 0.2) is 0 Å². The summed E-state index contributed by atoms with van der Waals surface area (Å²) in [5, 5.41) is 5.12. The molecule has 0 unspecified atom stereocenters. The van der Waals surface area contributed by atoms with E-state index in [4.69, 9.17) is 0 Å². The number of nitrogens with zero attached hydrogens (tertiary/aromatic N) is 3. The second-order valence-corrected chi connectivity index (χ2v) is 7.29. The number of imidazole rings is 1. The highest BCUT2D eigenvalue weighted by Crippen LogP contribution is 2.31. The molecule has 2 N–H and O–H groups in total. The maximum atomic E-state index is 15.0. The molecule has 0 bridgehead atoms. The van der Waals surface area contributed by atoms with E-state index in [1.165, 1.54) is 7.05 Å². The molecule has 4 rings (SSSR count). The lowest BCUT2D eigenvalue weighted by atomic mass is 10.0. The van der Waals surface area contributed by atoms with E-state index in [0.29, 0.717) is 31.0 Å². The van der Waals surface area contributed by atoms with Crippen molar-refractivity contribution < 1.29 is 18.4 Å². The van der Waals surface area contributed by atoms with Gasteiger partial charge in [-0.25, -0.2) is 13.8 Å². The fraction of sp³-hybridized carbons (Fsp3) is 0.286. The molecule has 156 valence electrons. The summed E-state index contributed by atoms with van der Waals surface area (Å²) in [5.74, 6) is -2.41. The molecule has 1 aliphatic rings. The Morgan fingerprint density at radius 3 is 2.67 bits per heavy atom. The Morgan fingerprint density at radius 1 is 1.27 bits per heavy atom. The van der Waals surface area contributed by atoms with Crippen LogP contribution < -0.4 is 10.6 Å². The molecule has 0 saturated carbocycles. The Bertz CT molecular complexity index is 1130. The summed E-state index contributed by atoms with van der Waals surface area (Å²) in [4.78, 5) is 30.0. The second-order valence-electron chi connectivity index (χ2n) is 7.29. The first kappa shape index (κ1) is 20.0. The van der Waals surface area contributed by atoms with Crippen LogP contribution >= 0.6 is 0 Å². The molecule has 1 aliphatic heterocycles. The van der Waals surface area contributed by atoms with E-state index in [9.17, 15) is 18.4 Å². The fourth-order valence-corrected chi connectivity index (χ4v) is 3.66. The molecule has 0 spiro atoms.